The Morgan fingerprint density at radius 2 is 2.14 bits per heavy atom. The first kappa shape index (κ1) is 24.4. The Balaban J connectivity index is 1.60. The number of thioether (sulfide) groups is 1. The number of carbonyl (C=O) groups is 1. The lowest BCUT2D eigenvalue weighted by atomic mass is 10.0. The number of nitro benzene ring substituents is 1. The van der Waals surface area contributed by atoms with Crippen LogP contribution in [0.3, 0.4) is 0 Å². The lowest BCUT2D eigenvalue weighted by Crippen LogP contribution is -2.42. The monoisotopic (exact) mass is 518 g/mol. The maximum Gasteiger partial charge on any atom is 0.272 e. The number of nitrogens with one attached hydrogen (secondary N) is 1. The van der Waals surface area contributed by atoms with Gasteiger partial charge in [-0.1, -0.05) is 30.0 Å². The highest BCUT2D eigenvalue weighted by Gasteiger charge is 2.46. The molecular weight excluding hydrogens is 496 g/mol. The number of amides is 1. The number of amidine groups is 1. The van der Waals surface area contributed by atoms with Gasteiger partial charge in [-0.3, -0.25) is 19.9 Å². The van der Waals surface area contributed by atoms with Crippen LogP contribution in [-0.4, -0.2) is 49.2 Å². The van der Waals surface area contributed by atoms with Gasteiger partial charge in [-0.2, -0.15) is 5.10 Å². The van der Waals surface area contributed by atoms with Gasteiger partial charge in [0.15, 0.2) is 17.5 Å². The number of hydrogen-bond donors (Lipinski definition) is 2. The smallest absolute Gasteiger partial charge is 0.272 e. The fourth-order valence-corrected chi connectivity index (χ4v) is 5.06. The lowest BCUT2D eigenvalue weighted by molar-refractivity contribution is -0.385. The Morgan fingerprint density at radius 3 is 2.89 bits per heavy atom. The number of aromatic nitrogens is 1. The molecule has 1 fully saturated rings. The molecule has 12 heteroatoms. The summed E-state index contributed by atoms with van der Waals surface area (Å²) in [5, 5.41) is 32.7. The molecule has 37 heavy (non-hydrogen) atoms. The Labute approximate surface area is 216 Å². The lowest BCUT2D eigenvalue weighted by Gasteiger charge is -2.32. The molecule has 1 amide bonds. The molecule has 188 valence electrons. The molecule has 1 atom stereocenters. The van der Waals surface area contributed by atoms with Gasteiger partial charge >= 0.3 is 0 Å². The zero-order chi connectivity index (χ0) is 26.2. The molecule has 1 saturated heterocycles. The second kappa shape index (κ2) is 9.64. The number of benzene rings is 2. The van der Waals surface area contributed by atoms with Crippen molar-refractivity contribution in [2.75, 3.05) is 17.7 Å². The van der Waals surface area contributed by atoms with E-state index in [0.29, 0.717) is 44.7 Å². The van der Waals surface area contributed by atoms with Gasteiger partial charge in [0.1, 0.15) is 5.75 Å². The molecule has 0 aliphatic carbocycles. The van der Waals surface area contributed by atoms with Gasteiger partial charge in [0.25, 0.3) is 11.6 Å². The summed E-state index contributed by atoms with van der Waals surface area (Å²) >= 11 is 1.30. The number of aliphatic hydroxyl groups is 1. The number of aryl methyl sites for hydroxylation is 1. The molecule has 11 nitrogen and oxygen atoms in total. The van der Waals surface area contributed by atoms with Gasteiger partial charge in [0.2, 0.25) is 0 Å². The third kappa shape index (κ3) is 4.76. The minimum Gasteiger partial charge on any atom is -0.482 e. The van der Waals surface area contributed by atoms with Crippen molar-refractivity contribution in [1.82, 2.24) is 9.99 Å². The molecule has 0 bridgehead atoms. The van der Waals surface area contributed by atoms with Crippen molar-refractivity contribution >= 4 is 45.6 Å². The molecule has 2 aliphatic heterocycles. The number of anilines is 1. The molecule has 5 rings (SSSR count). The Morgan fingerprint density at radius 1 is 1.30 bits per heavy atom. The average Bonchev–Trinajstić information content (AvgIpc) is 3.20. The SMILES string of the molecule is C/C(=N/N1C(=Nc2cccnc2)SCC1(O)c1ccc2c(c1)NC(=O)CO2)c1ccc(C)c([N+](=O)[O-])c1. The molecule has 0 radical (unpaired) electrons. The van der Waals surface area contributed by atoms with Crippen LogP contribution in [0.15, 0.2) is 71.0 Å². The van der Waals surface area contributed by atoms with Gasteiger partial charge in [-0.05, 0) is 38.1 Å². The number of fused-ring (bicyclic) bond motifs is 1. The van der Waals surface area contributed by atoms with E-state index in [-0.39, 0.29) is 24.0 Å². The van der Waals surface area contributed by atoms with Crippen molar-refractivity contribution in [3.63, 3.8) is 0 Å². The van der Waals surface area contributed by atoms with Crippen LogP contribution in [0.2, 0.25) is 0 Å². The minimum atomic E-state index is -1.64. The number of hydrogen-bond acceptors (Lipinski definition) is 9. The largest absolute Gasteiger partial charge is 0.482 e. The van der Waals surface area contributed by atoms with Crippen molar-refractivity contribution in [2.45, 2.75) is 19.6 Å². The second-order valence-corrected chi connectivity index (χ2v) is 9.46. The minimum absolute atomic E-state index is 0.0206. The van der Waals surface area contributed by atoms with E-state index < -0.39 is 10.6 Å². The van der Waals surface area contributed by atoms with Gasteiger partial charge in [-0.25, -0.2) is 10.0 Å². The molecule has 1 aromatic heterocycles. The van der Waals surface area contributed by atoms with E-state index in [1.54, 1.807) is 68.7 Å². The maximum atomic E-state index is 12.0. The van der Waals surface area contributed by atoms with Crippen molar-refractivity contribution in [3.8, 4) is 5.75 Å². The van der Waals surface area contributed by atoms with E-state index in [2.05, 4.69) is 15.3 Å². The first-order valence-corrected chi connectivity index (χ1v) is 12.2. The molecule has 0 spiro atoms. The van der Waals surface area contributed by atoms with Crippen LogP contribution in [0.25, 0.3) is 0 Å². The molecule has 1 unspecified atom stereocenters. The van der Waals surface area contributed by atoms with Gasteiger partial charge in [0, 0.05) is 29.0 Å². The predicted molar refractivity (Wildman–Crippen MR) is 140 cm³/mol. The number of pyridine rings is 1. The van der Waals surface area contributed by atoms with Crippen LogP contribution in [0.4, 0.5) is 17.1 Å². The zero-order valence-electron chi connectivity index (χ0n) is 19.9. The van der Waals surface area contributed by atoms with E-state index in [4.69, 9.17) is 9.84 Å². The number of hydrazone groups is 1. The highest BCUT2D eigenvalue weighted by Crippen LogP contribution is 2.43. The predicted octanol–water partition coefficient (Wildman–Crippen LogP) is 3.93. The first-order valence-electron chi connectivity index (χ1n) is 11.3. The molecule has 2 aliphatic rings. The number of aliphatic imine (C=N–C) groups is 1. The first-order chi connectivity index (χ1) is 17.7. The summed E-state index contributed by atoms with van der Waals surface area (Å²) < 4.78 is 5.45. The molecule has 0 saturated carbocycles. The summed E-state index contributed by atoms with van der Waals surface area (Å²) in [6.07, 6.45) is 3.23. The number of ether oxygens (including phenoxy) is 1. The van der Waals surface area contributed by atoms with Crippen LogP contribution in [-0.2, 0) is 10.5 Å². The van der Waals surface area contributed by atoms with E-state index in [1.807, 2.05) is 0 Å². The van der Waals surface area contributed by atoms with Gasteiger partial charge in [0.05, 0.1) is 34.0 Å². The topological polar surface area (TPSA) is 143 Å². The van der Waals surface area contributed by atoms with Crippen molar-refractivity contribution in [1.29, 1.82) is 0 Å². The van der Waals surface area contributed by atoms with Crippen LogP contribution in [0.5, 0.6) is 5.75 Å². The third-order valence-corrected chi connectivity index (χ3v) is 7.02. The summed E-state index contributed by atoms with van der Waals surface area (Å²) in [7, 11) is 0. The van der Waals surface area contributed by atoms with Gasteiger partial charge < -0.3 is 15.2 Å². The summed E-state index contributed by atoms with van der Waals surface area (Å²) in [5.74, 6) is 0.396. The van der Waals surface area contributed by atoms with Gasteiger partial charge in [-0.15, -0.1) is 0 Å². The Kier molecular flexibility index (Phi) is 6.36. The molecule has 2 aromatic carbocycles. The Hall–Kier alpha value is -4.29. The molecule has 2 N–H and O–H groups in total. The van der Waals surface area contributed by atoms with Crippen LogP contribution in [0.1, 0.15) is 23.6 Å². The van der Waals surface area contributed by atoms with Crippen molar-refractivity contribution < 1.29 is 19.6 Å². The molecule has 3 aromatic rings. The summed E-state index contributed by atoms with van der Waals surface area (Å²) in [6.45, 7) is 3.30. The average molecular weight is 519 g/mol. The second-order valence-electron chi connectivity index (χ2n) is 8.51. The standard InChI is InChI=1S/C25H22N6O5S/c1-15-5-6-17(10-21(15)31(34)35)16(2)29-30-24(27-19-4-3-9-26-12-19)37-14-25(30,33)18-7-8-22-20(11-18)28-23(32)13-36-22/h3-12,33H,13-14H2,1-2H3,(H,28,32)/b27-24?,29-16-. The summed E-state index contributed by atoms with van der Waals surface area (Å²) in [6, 6.07) is 13.4. The van der Waals surface area contributed by atoms with E-state index in [1.165, 1.54) is 22.8 Å². The summed E-state index contributed by atoms with van der Waals surface area (Å²) in [5.41, 5.74) is 1.33. The van der Waals surface area contributed by atoms with E-state index in [9.17, 15) is 20.0 Å². The highest BCUT2D eigenvalue weighted by molar-refractivity contribution is 8.14. The van der Waals surface area contributed by atoms with Crippen LogP contribution < -0.4 is 10.1 Å². The molecular formula is C25H22N6O5S. The number of rotatable bonds is 5. The van der Waals surface area contributed by atoms with Crippen molar-refractivity contribution in [2.24, 2.45) is 10.1 Å². The summed E-state index contributed by atoms with van der Waals surface area (Å²) in [4.78, 5) is 31.6. The third-order valence-electron chi connectivity index (χ3n) is 5.95. The quantitative estimate of drug-likeness (QED) is 0.294. The van der Waals surface area contributed by atoms with Crippen LogP contribution >= 0.6 is 11.8 Å². The molecule has 3 heterocycles. The number of nitrogens with zero attached hydrogens (tertiary/aromatic N) is 5. The highest BCUT2D eigenvalue weighted by atomic mass is 32.2. The van der Waals surface area contributed by atoms with Crippen molar-refractivity contribution in [3.05, 3.63) is 87.7 Å². The Bertz CT molecular complexity index is 1460. The normalized spacial score (nSPS) is 20.4. The fourth-order valence-electron chi connectivity index (χ4n) is 3.96. The number of carbonyl (C=O) groups excluding carboxylic acids is 1. The number of nitro groups is 1. The zero-order valence-corrected chi connectivity index (χ0v) is 20.7. The maximum absolute atomic E-state index is 12.0. The fraction of sp³-hybridized carbons (Fsp3) is 0.200. The van der Waals surface area contributed by atoms with E-state index >= 15 is 0 Å². The van der Waals surface area contributed by atoms with E-state index in [0.717, 1.165) is 0 Å². The van der Waals surface area contributed by atoms with Crippen LogP contribution in [0, 0.1) is 17.0 Å².